The summed E-state index contributed by atoms with van der Waals surface area (Å²) in [5, 5.41) is 0. The Kier molecular flexibility index (Phi) is 5.61. The van der Waals surface area contributed by atoms with Crippen molar-refractivity contribution in [3.8, 4) is 0 Å². The summed E-state index contributed by atoms with van der Waals surface area (Å²) in [6.07, 6.45) is 4.06. The van der Waals surface area contributed by atoms with Gasteiger partial charge in [0.1, 0.15) is 0 Å². The van der Waals surface area contributed by atoms with Crippen molar-refractivity contribution < 1.29 is 14.4 Å². The van der Waals surface area contributed by atoms with Gasteiger partial charge in [0, 0.05) is 56.7 Å². The predicted octanol–water partition coefficient (Wildman–Crippen LogP) is 2.46. The van der Waals surface area contributed by atoms with Crippen molar-refractivity contribution in [3.05, 3.63) is 29.8 Å². The van der Waals surface area contributed by atoms with Gasteiger partial charge in [0.25, 0.3) is 0 Å². The fourth-order valence-corrected chi connectivity index (χ4v) is 5.19. The predicted molar refractivity (Wildman–Crippen MR) is 111 cm³/mol. The number of carbonyl (C=O) groups is 3. The van der Waals surface area contributed by atoms with Crippen molar-refractivity contribution in [2.45, 2.75) is 52.0 Å². The highest BCUT2D eigenvalue weighted by Gasteiger charge is 2.38. The molecule has 4 rings (SSSR count). The normalized spacial score (nSPS) is 27.0. The third-order valence-electron chi connectivity index (χ3n) is 6.91. The highest BCUT2D eigenvalue weighted by Crippen LogP contribution is 2.37. The number of benzene rings is 1. The fourth-order valence-electron chi connectivity index (χ4n) is 5.19. The lowest BCUT2D eigenvalue weighted by Gasteiger charge is -2.38. The SMILES string of the molecule is CC(=O)N1CCN(C(=O)C2CCC(C(=O)N3c4ccccc4CC3C)CC2)CC1. The van der Waals surface area contributed by atoms with E-state index >= 15 is 0 Å². The van der Waals surface area contributed by atoms with Gasteiger partial charge in [-0.3, -0.25) is 14.4 Å². The third-order valence-corrected chi connectivity index (χ3v) is 6.91. The second-order valence-electron chi connectivity index (χ2n) is 8.77. The molecular weight excluding hydrogens is 366 g/mol. The number of fused-ring (bicyclic) bond motifs is 1. The van der Waals surface area contributed by atoms with Crippen molar-refractivity contribution >= 4 is 23.4 Å². The Morgan fingerprint density at radius 2 is 1.38 bits per heavy atom. The number of nitrogens with zero attached hydrogens (tertiary/aromatic N) is 3. The van der Waals surface area contributed by atoms with Gasteiger partial charge in [-0.2, -0.15) is 0 Å². The second-order valence-corrected chi connectivity index (χ2v) is 8.77. The fraction of sp³-hybridized carbons (Fsp3) is 0.609. The summed E-state index contributed by atoms with van der Waals surface area (Å²) in [5.74, 6) is 0.546. The summed E-state index contributed by atoms with van der Waals surface area (Å²) in [6, 6.07) is 8.40. The van der Waals surface area contributed by atoms with Gasteiger partial charge in [-0.05, 0) is 50.7 Å². The number of piperazine rings is 1. The highest BCUT2D eigenvalue weighted by molar-refractivity contribution is 5.97. The Hall–Kier alpha value is -2.37. The largest absolute Gasteiger partial charge is 0.339 e. The number of hydrogen-bond acceptors (Lipinski definition) is 3. The maximum absolute atomic E-state index is 13.2. The van der Waals surface area contributed by atoms with Crippen molar-refractivity contribution in [2.75, 3.05) is 31.1 Å². The molecule has 0 radical (unpaired) electrons. The molecule has 1 aromatic carbocycles. The van der Waals surface area contributed by atoms with Crippen LogP contribution in [0.15, 0.2) is 24.3 Å². The summed E-state index contributed by atoms with van der Waals surface area (Å²) < 4.78 is 0. The van der Waals surface area contributed by atoms with Gasteiger partial charge in [-0.25, -0.2) is 0 Å². The van der Waals surface area contributed by atoms with E-state index in [-0.39, 0.29) is 35.6 Å². The van der Waals surface area contributed by atoms with Crippen molar-refractivity contribution in [1.82, 2.24) is 9.80 Å². The maximum Gasteiger partial charge on any atom is 0.230 e. The monoisotopic (exact) mass is 397 g/mol. The molecule has 1 aliphatic carbocycles. The molecule has 6 heteroatoms. The molecule has 1 aromatic rings. The molecule has 0 spiro atoms. The molecule has 0 N–H and O–H groups in total. The number of anilines is 1. The highest BCUT2D eigenvalue weighted by atomic mass is 16.2. The molecule has 1 saturated heterocycles. The number of para-hydroxylation sites is 1. The topological polar surface area (TPSA) is 60.9 Å². The Labute approximate surface area is 172 Å². The van der Waals surface area contributed by atoms with Crippen molar-refractivity contribution in [3.63, 3.8) is 0 Å². The van der Waals surface area contributed by atoms with E-state index in [4.69, 9.17) is 0 Å². The number of hydrogen-bond donors (Lipinski definition) is 0. The lowest BCUT2D eigenvalue weighted by molar-refractivity contribution is -0.142. The molecule has 1 saturated carbocycles. The molecule has 1 unspecified atom stereocenters. The molecule has 0 bridgehead atoms. The average Bonchev–Trinajstić information content (AvgIpc) is 3.08. The number of carbonyl (C=O) groups excluding carboxylic acids is 3. The minimum atomic E-state index is 0.0159. The van der Waals surface area contributed by atoms with E-state index in [9.17, 15) is 14.4 Å². The quantitative estimate of drug-likeness (QED) is 0.770. The zero-order valence-corrected chi connectivity index (χ0v) is 17.5. The van der Waals surface area contributed by atoms with Gasteiger partial charge in [-0.15, -0.1) is 0 Å². The van der Waals surface area contributed by atoms with Gasteiger partial charge in [-0.1, -0.05) is 18.2 Å². The van der Waals surface area contributed by atoms with E-state index in [2.05, 4.69) is 13.0 Å². The first kappa shape index (κ1) is 19.9. The first-order valence-corrected chi connectivity index (χ1v) is 10.9. The molecule has 2 fully saturated rings. The molecule has 6 nitrogen and oxygen atoms in total. The summed E-state index contributed by atoms with van der Waals surface area (Å²) in [4.78, 5) is 43.3. The average molecular weight is 398 g/mol. The zero-order chi connectivity index (χ0) is 20.5. The van der Waals surface area contributed by atoms with Gasteiger partial charge >= 0.3 is 0 Å². The van der Waals surface area contributed by atoms with Gasteiger partial charge < -0.3 is 14.7 Å². The van der Waals surface area contributed by atoms with Crippen LogP contribution in [0.25, 0.3) is 0 Å². The number of amides is 3. The van der Waals surface area contributed by atoms with Crippen LogP contribution < -0.4 is 4.90 Å². The molecule has 29 heavy (non-hydrogen) atoms. The lowest BCUT2D eigenvalue weighted by atomic mass is 9.80. The van der Waals surface area contributed by atoms with Crippen LogP contribution >= 0.6 is 0 Å². The van der Waals surface area contributed by atoms with Crippen LogP contribution in [0, 0.1) is 11.8 Å². The standard InChI is InChI=1S/C23H31N3O3/c1-16-15-20-5-3-4-6-21(20)26(16)23(29)19-9-7-18(8-10-19)22(28)25-13-11-24(12-14-25)17(2)27/h3-6,16,18-19H,7-15H2,1-2H3. The Morgan fingerprint density at radius 1 is 0.828 bits per heavy atom. The summed E-state index contributed by atoms with van der Waals surface area (Å²) in [7, 11) is 0. The first-order chi connectivity index (χ1) is 14.0. The van der Waals surface area contributed by atoms with E-state index in [0.717, 1.165) is 37.8 Å². The molecular formula is C23H31N3O3. The summed E-state index contributed by atoms with van der Waals surface area (Å²) in [5.41, 5.74) is 2.31. The first-order valence-electron chi connectivity index (χ1n) is 10.9. The van der Waals surface area contributed by atoms with Crippen LogP contribution in [0.2, 0.25) is 0 Å². The van der Waals surface area contributed by atoms with Gasteiger partial charge in [0.2, 0.25) is 17.7 Å². The minimum Gasteiger partial charge on any atom is -0.339 e. The second kappa shape index (κ2) is 8.17. The van der Waals surface area contributed by atoms with E-state index in [1.54, 1.807) is 11.8 Å². The van der Waals surface area contributed by atoms with E-state index in [0.29, 0.717) is 26.2 Å². The van der Waals surface area contributed by atoms with E-state index in [1.165, 1.54) is 5.56 Å². The van der Waals surface area contributed by atoms with Crippen LogP contribution in [-0.4, -0.2) is 59.7 Å². The number of rotatable bonds is 2. The van der Waals surface area contributed by atoms with E-state index < -0.39 is 0 Å². The van der Waals surface area contributed by atoms with Crippen LogP contribution in [0.1, 0.15) is 45.1 Å². The molecule has 1 atom stereocenters. The van der Waals surface area contributed by atoms with Crippen LogP contribution in [0.3, 0.4) is 0 Å². The van der Waals surface area contributed by atoms with Gasteiger partial charge in [0.15, 0.2) is 0 Å². The molecule has 0 aromatic heterocycles. The molecule has 156 valence electrons. The smallest absolute Gasteiger partial charge is 0.230 e. The minimum absolute atomic E-state index is 0.0159. The lowest BCUT2D eigenvalue weighted by Crippen LogP contribution is -2.52. The van der Waals surface area contributed by atoms with Crippen molar-refractivity contribution in [1.29, 1.82) is 0 Å². The Bertz CT molecular complexity index is 792. The van der Waals surface area contributed by atoms with Gasteiger partial charge in [0.05, 0.1) is 0 Å². The summed E-state index contributed by atoms with van der Waals surface area (Å²) >= 11 is 0. The molecule has 3 amide bonds. The molecule has 3 aliphatic rings. The molecule has 2 heterocycles. The third kappa shape index (κ3) is 3.89. The van der Waals surface area contributed by atoms with Crippen LogP contribution in [0.5, 0.6) is 0 Å². The maximum atomic E-state index is 13.2. The van der Waals surface area contributed by atoms with Crippen LogP contribution in [0.4, 0.5) is 5.69 Å². The summed E-state index contributed by atoms with van der Waals surface area (Å²) in [6.45, 7) is 6.20. The van der Waals surface area contributed by atoms with E-state index in [1.807, 2.05) is 28.0 Å². The Morgan fingerprint density at radius 3 is 2.00 bits per heavy atom. The zero-order valence-electron chi connectivity index (χ0n) is 17.5. The van der Waals surface area contributed by atoms with Crippen LogP contribution in [-0.2, 0) is 20.8 Å². The Balaban J connectivity index is 1.32. The molecule has 2 aliphatic heterocycles. The van der Waals surface area contributed by atoms with Crippen molar-refractivity contribution in [2.24, 2.45) is 11.8 Å².